The predicted octanol–water partition coefficient (Wildman–Crippen LogP) is 5.76. The average molecular weight is 388 g/mol. The van der Waals surface area contributed by atoms with Crippen LogP contribution in [0.2, 0.25) is 0 Å². The average Bonchev–Trinajstić information content (AvgIpc) is 2.71. The van der Waals surface area contributed by atoms with Gasteiger partial charge >= 0.3 is 0 Å². The molecule has 0 saturated heterocycles. The molecule has 0 radical (unpaired) electrons. The Bertz CT molecular complexity index is 956. The van der Waals surface area contributed by atoms with Crippen molar-refractivity contribution in [3.8, 4) is 28.4 Å². The monoisotopic (exact) mass is 388 g/mol. The Hall–Kier alpha value is -3.15. The van der Waals surface area contributed by atoms with E-state index in [4.69, 9.17) is 14.2 Å². The van der Waals surface area contributed by atoms with Gasteiger partial charge in [-0.05, 0) is 48.9 Å². The van der Waals surface area contributed by atoms with Gasteiger partial charge in [0.05, 0.1) is 13.7 Å². The van der Waals surface area contributed by atoms with Crippen molar-refractivity contribution < 1.29 is 27.4 Å². The van der Waals surface area contributed by atoms with Crippen molar-refractivity contribution in [2.45, 2.75) is 13.5 Å². The van der Waals surface area contributed by atoms with Crippen LogP contribution in [0.4, 0.5) is 13.2 Å². The minimum absolute atomic E-state index is 0.0290. The molecule has 28 heavy (non-hydrogen) atoms. The maximum Gasteiger partial charge on any atom is 0.201 e. The zero-order valence-electron chi connectivity index (χ0n) is 15.5. The highest BCUT2D eigenvalue weighted by molar-refractivity contribution is 5.66. The van der Waals surface area contributed by atoms with Gasteiger partial charge in [-0.15, -0.1) is 0 Å². The van der Waals surface area contributed by atoms with Gasteiger partial charge in [0, 0.05) is 17.2 Å². The number of hydrogen-bond acceptors (Lipinski definition) is 3. The number of methoxy groups -OCH3 is 1. The van der Waals surface area contributed by atoms with Crippen LogP contribution in [-0.2, 0) is 6.61 Å². The van der Waals surface area contributed by atoms with Crippen LogP contribution in [0.1, 0.15) is 12.5 Å². The Balaban J connectivity index is 1.73. The molecule has 0 fully saturated rings. The van der Waals surface area contributed by atoms with E-state index in [1.165, 1.54) is 25.3 Å². The van der Waals surface area contributed by atoms with Gasteiger partial charge in [-0.2, -0.15) is 4.39 Å². The van der Waals surface area contributed by atoms with Crippen LogP contribution in [0.15, 0.2) is 54.6 Å². The molecule has 0 spiro atoms. The van der Waals surface area contributed by atoms with Crippen LogP contribution in [0.5, 0.6) is 17.2 Å². The summed E-state index contributed by atoms with van der Waals surface area (Å²) in [6.45, 7) is 1.97. The molecular formula is C22H19F3O3. The summed E-state index contributed by atoms with van der Waals surface area (Å²) in [7, 11) is 1.46. The van der Waals surface area contributed by atoms with Gasteiger partial charge < -0.3 is 14.2 Å². The first-order chi connectivity index (χ1) is 13.5. The quantitative estimate of drug-likeness (QED) is 0.515. The molecule has 3 rings (SSSR count). The van der Waals surface area contributed by atoms with Crippen molar-refractivity contribution in [1.82, 2.24) is 0 Å². The van der Waals surface area contributed by atoms with Gasteiger partial charge in [0.2, 0.25) is 5.82 Å². The predicted molar refractivity (Wildman–Crippen MR) is 100 cm³/mol. The van der Waals surface area contributed by atoms with E-state index < -0.39 is 17.5 Å². The third-order valence-corrected chi connectivity index (χ3v) is 4.17. The Morgan fingerprint density at radius 2 is 1.50 bits per heavy atom. The number of benzene rings is 3. The molecule has 0 aliphatic rings. The highest BCUT2D eigenvalue weighted by Crippen LogP contribution is 2.31. The number of halogens is 3. The number of rotatable bonds is 7. The molecule has 0 atom stereocenters. The summed E-state index contributed by atoms with van der Waals surface area (Å²) in [4.78, 5) is 0. The fourth-order valence-corrected chi connectivity index (χ4v) is 2.69. The van der Waals surface area contributed by atoms with E-state index in [1.54, 1.807) is 43.3 Å². The van der Waals surface area contributed by atoms with Gasteiger partial charge in [-0.3, -0.25) is 0 Å². The summed E-state index contributed by atoms with van der Waals surface area (Å²) < 4.78 is 57.9. The van der Waals surface area contributed by atoms with E-state index in [9.17, 15) is 13.2 Å². The molecule has 0 N–H and O–H groups in total. The second-order valence-electron chi connectivity index (χ2n) is 5.94. The van der Waals surface area contributed by atoms with E-state index in [0.717, 1.165) is 0 Å². The van der Waals surface area contributed by atoms with E-state index in [-0.39, 0.29) is 24.5 Å². The van der Waals surface area contributed by atoms with E-state index in [0.29, 0.717) is 22.6 Å². The van der Waals surface area contributed by atoms with Crippen LogP contribution in [-0.4, -0.2) is 13.7 Å². The summed E-state index contributed by atoms with van der Waals surface area (Å²) in [5.74, 6) is -1.64. The van der Waals surface area contributed by atoms with E-state index >= 15 is 0 Å². The maximum absolute atomic E-state index is 14.3. The van der Waals surface area contributed by atoms with Crippen LogP contribution in [0, 0.1) is 17.5 Å². The van der Waals surface area contributed by atoms with Crippen molar-refractivity contribution in [2.75, 3.05) is 13.7 Å². The third kappa shape index (κ3) is 4.22. The topological polar surface area (TPSA) is 27.7 Å². The number of hydrogen-bond donors (Lipinski definition) is 0. The minimum Gasteiger partial charge on any atom is -0.497 e. The summed E-state index contributed by atoms with van der Waals surface area (Å²) in [6.07, 6.45) is 0. The minimum atomic E-state index is -1.02. The van der Waals surface area contributed by atoms with Crippen molar-refractivity contribution in [3.05, 3.63) is 77.6 Å². The van der Waals surface area contributed by atoms with Gasteiger partial charge in [-0.25, -0.2) is 8.78 Å². The largest absolute Gasteiger partial charge is 0.497 e. The van der Waals surface area contributed by atoms with Crippen LogP contribution < -0.4 is 14.2 Å². The smallest absolute Gasteiger partial charge is 0.201 e. The lowest BCUT2D eigenvalue weighted by molar-refractivity contribution is 0.299. The SMILES string of the molecule is CCOc1ccc(-c2ccc(OCc3ccc(OC)cc3F)cc2)c(F)c1F. The zero-order chi connectivity index (χ0) is 20.1. The highest BCUT2D eigenvalue weighted by Gasteiger charge is 2.15. The van der Waals surface area contributed by atoms with Gasteiger partial charge in [0.15, 0.2) is 11.6 Å². The Kier molecular flexibility index (Phi) is 6.09. The molecule has 0 unspecified atom stereocenters. The molecule has 0 saturated carbocycles. The normalized spacial score (nSPS) is 10.6. The van der Waals surface area contributed by atoms with Crippen LogP contribution in [0.25, 0.3) is 11.1 Å². The molecule has 0 heterocycles. The van der Waals surface area contributed by atoms with Crippen molar-refractivity contribution >= 4 is 0 Å². The van der Waals surface area contributed by atoms with Crippen LogP contribution >= 0.6 is 0 Å². The van der Waals surface area contributed by atoms with Gasteiger partial charge in [0.25, 0.3) is 0 Å². The molecule has 3 nitrogen and oxygen atoms in total. The summed E-state index contributed by atoms with van der Waals surface area (Å²) in [6, 6.07) is 13.8. The summed E-state index contributed by atoms with van der Waals surface area (Å²) in [5, 5.41) is 0. The maximum atomic E-state index is 14.3. The lowest BCUT2D eigenvalue weighted by atomic mass is 10.0. The molecule has 146 valence electrons. The van der Waals surface area contributed by atoms with Gasteiger partial charge in [0.1, 0.15) is 23.9 Å². The molecule has 0 bridgehead atoms. The first-order valence-electron chi connectivity index (χ1n) is 8.70. The molecule has 0 aliphatic heterocycles. The van der Waals surface area contributed by atoms with Crippen molar-refractivity contribution in [2.24, 2.45) is 0 Å². The van der Waals surface area contributed by atoms with Crippen molar-refractivity contribution in [1.29, 1.82) is 0 Å². The lowest BCUT2D eigenvalue weighted by Crippen LogP contribution is -2.00. The fraction of sp³-hybridized carbons (Fsp3) is 0.182. The summed E-state index contributed by atoms with van der Waals surface area (Å²) >= 11 is 0. The lowest BCUT2D eigenvalue weighted by Gasteiger charge is -2.11. The van der Waals surface area contributed by atoms with Crippen LogP contribution in [0.3, 0.4) is 0 Å². The zero-order valence-corrected chi connectivity index (χ0v) is 15.5. The van der Waals surface area contributed by atoms with Crippen molar-refractivity contribution in [3.63, 3.8) is 0 Å². The van der Waals surface area contributed by atoms with Gasteiger partial charge in [-0.1, -0.05) is 12.1 Å². The van der Waals surface area contributed by atoms with E-state index in [2.05, 4.69) is 0 Å². The molecular weight excluding hydrogens is 369 g/mol. The molecule has 3 aromatic rings. The first kappa shape index (κ1) is 19.6. The molecule has 6 heteroatoms. The second kappa shape index (κ2) is 8.69. The Morgan fingerprint density at radius 1 is 0.786 bits per heavy atom. The standard InChI is InChI=1S/C22H19F3O3/c1-3-27-20-11-10-18(21(24)22(20)25)14-4-7-16(8-5-14)28-13-15-6-9-17(26-2)12-19(15)23/h4-12H,3,13H2,1-2H3. The third-order valence-electron chi connectivity index (χ3n) is 4.17. The molecule has 3 aromatic carbocycles. The fourth-order valence-electron chi connectivity index (χ4n) is 2.69. The second-order valence-corrected chi connectivity index (χ2v) is 5.94. The highest BCUT2D eigenvalue weighted by atomic mass is 19.2. The molecule has 0 amide bonds. The molecule has 0 aliphatic carbocycles. The Labute approximate surface area is 161 Å². The first-order valence-corrected chi connectivity index (χ1v) is 8.70. The Morgan fingerprint density at radius 3 is 2.14 bits per heavy atom. The number of ether oxygens (including phenoxy) is 3. The summed E-state index contributed by atoms with van der Waals surface area (Å²) in [5.41, 5.74) is 0.987. The van der Waals surface area contributed by atoms with E-state index in [1.807, 2.05) is 0 Å². The molecule has 0 aromatic heterocycles.